The first-order valence-corrected chi connectivity index (χ1v) is 8.13. The van der Waals surface area contributed by atoms with Crippen molar-refractivity contribution < 1.29 is 9.32 Å². The number of carbonyl (C=O) groups is 1. The van der Waals surface area contributed by atoms with Crippen molar-refractivity contribution in [2.24, 2.45) is 5.92 Å². The van der Waals surface area contributed by atoms with E-state index in [1.807, 2.05) is 25.7 Å². The van der Waals surface area contributed by atoms with Crippen molar-refractivity contribution in [2.45, 2.75) is 45.4 Å². The minimum Gasteiger partial charge on any atom is -0.346 e. The zero-order chi connectivity index (χ0) is 16.2. The maximum atomic E-state index is 12.9. The summed E-state index contributed by atoms with van der Waals surface area (Å²) in [5.74, 6) is 2.52. The molecule has 3 heterocycles. The smallest absolute Gasteiger partial charge is 0.274 e. The van der Waals surface area contributed by atoms with Gasteiger partial charge >= 0.3 is 0 Å². The quantitative estimate of drug-likeness (QED) is 0.914. The lowest BCUT2D eigenvalue weighted by molar-refractivity contribution is 0.0769. The molecule has 23 heavy (non-hydrogen) atoms. The average molecular weight is 315 g/mol. The van der Waals surface area contributed by atoms with Gasteiger partial charge < -0.3 is 14.4 Å². The predicted molar refractivity (Wildman–Crippen MR) is 82.0 cm³/mol. The fourth-order valence-electron chi connectivity index (χ4n) is 4.26. The van der Waals surface area contributed by atoms with Crippen LogP contribution in [0.3, 0.4) is 0 Å². The van der Waals surface area contributed by atoms with E-state index < -0.39 is 0 Å². The van der Waals surface area contributed by atoms with Crippen LogP contribution < -0.4 is 0 Å². The van der Waals surface area contributed by atoms with Crippen LogP contribution in [0.1, 0.15) is 53.0 Å². The van der Waals surface area contributed by atoms with Crippen molar-refractivity contribution in [1.82, 2.24) is 25.0 Å². The molecule has 1 aliphatic carbocycles. The second-order valence-electron chi connectivity index (χ2n) is 6.87. The normalized spacial score (nSPS) is 26.7. The number of imidazole rings is 1. The summed E-state index contributed by atoms with van der Waals surface area (Å²) in [6, 6.07) is 0. The first-order chi connectivity index (χ1) is 11.0. The molecule has 0 aromatic carbocycles. The number of nitrogens with zero attached hydrogens (tertiary/aromatic N) is 4. The van der Waals surface area contributed by atoms with Crippen LogP contribution in [-0.4, -0.2) is 44.0 Å². The van der Waals surface area contributed by atoms with Gasteiger partial charge in [-0.3, -0.25) is 4.79 Å². The number of hydrogen-bond acceptors (Lipinski definition) is 5. The lowest BCUT2D eigenvalue weighted by atomic mass is 9.80. The minimum absolute atomic E-state index is 0.00291. The van der Waals surface area contributed by atoms with E-state index in [1.165, 1.54) is 0 Å². The van der Waals surface area contributed by atoms with Crippen molar-refractivity contribution in [3.8, 4) is 0 Å². The third-order valence-corrected chi connectivity index (χ3v) is 5.32. The molecule has 2 fully saturated rings. The molecule has 1 amide bonds. The van der Waals surface area contributed by atoms with Gasteiger partial charge in [0, 0.05) is 18.8 Å². The van der Waals surface area contributed by atoms with Crippen LogP contribution >= 0.6 is 0 Å². The highest BCUT2D eigenvalue weighted by Gasteiger charge is 2.55. The lowest BCUT2D eigenvalue weighted by Gasteiger charge is -2.24. The van der Waals surface area contributed by atoms with Crippen LogP contribution in [0.25, 0.3) is 0 Å². The molecule has 1 saturated carbocycles. The molecule has 4 rings (SSSR count). The minimum atomic E-state index is -0.170. The third-order valence-electron chi connectivity index (χ3n) is 5.32. The molecule has 0 radical (unpaired) electrons. The SMILES string of the molecule is Cc1noc([C@]23CCC[C@H]2CN(C(=O)c2nc(C)[nH]c2C)C3)n1. The van der Waals surface area contributed by atoms with E-state index >= 15 is 0 Å². The second kappa shape index (κ2) is 4.91. The Hall–Kier alpha value is -2.18. The molecule has 1 aliphatic heterocycles. The molecule has 122 valence electrons. The van der Waals surface area contributed by atoms with Crippen molar-refractivity contribution in [2.75, 3.05) is 13.1 Å². The molecule has 1 N–H and O–H groups in total. The maximum Gasteiger partial charge on any atom is 0.274 e. The van der Waals surface area contributed by atoms with E-state index in [1.54, 1.807) is 0 Å². The summed E-state index contributed by atoms with van der Waals surface area (Å²) >= 11 is 0. The molecule has 0 spiro atoms. The lowest BCUT2D eigenvalue weighted by Crippen LogP contribution is -2.35. The summed E-state index contributed by atoms with van der Waals surface area (Å²) < 4.78 is 5.49. The Morgan fingerprint density at radius 1 is 1.35 bits per heavy atom. The Morgan fingerprint density at radius 2 is 2.17 bits per heavy atom. The first-order valence-electron chi connectivity index (χ1n) is 8.13. The standard InChI is InChI=1S/C16H21N5O2/c1-9-13(18-10(2)17-9)14(22)21-7-12-5-4-6-16(12,8-21)15-19-11(3)20-23-15/h12H,4-8H2,1-3H3,(H,17,18)/t12-,16-/m0/s1. The third kappa shape index (κ3) is 2.09. The number of aryl methyl sites for hydroxylation is 3. The number of amides is 1. The summed E-state index contributed by atoms with van der Waals surface area (Å²) in [5, 5.41) is 3.96. The van der Waals surface area contributed by atoms with E-state index in [0.717, 1.165) is 37.3 Å². The van der Waals surface area contributed by atoms with Gasteiger partial charge in [0.25, 0.3) is 5.91 Å². The summed E-state index contributed by atoms with van der Waals surface area (Å²) in [7, 11) is 0. The monoisotopic (exact) mass is 315 g/mol. The van der Waals surface area contributed by atoms with Gasteiger partial charge in [-0.15, -0.1) is 0 Å². The van der Waals surface area contributed by atoms with Gasteiger partial charge in [0.15, 0.2) is 5.82 Å². The molecular formula is C16H21N5O2. The zero-order valence-corrected chi connectivity index (χ0v) is 13.7. The molecular weight excluding hydrogens is 294 g/mol. The highest BCUT2D eigenvalue weighted by Crippen LogP contribution is 2.50. The summed E-state index contributed by atoms with van der Waals surface area (Å²) in [4.78, 5) is 26.7. The van der Waals surface area contributed by atoms with E-state index in [9.17, 15) is 4.79 Å². The Morgan fingerprint density at radius 3 is 2.83 bits per heavy atom. The Balaban J connectivity index is 1.64. The van der Waals surface area contributed by atoms with Gasteiger partial charge in [0.1, 0.15) is 11.5 Å². The van der Waals surface area contributed by atoms with E-state index in [2.05, 4.69) is 20.1 Å². The first kappa shape index (κ1) is 14.4. The van der Waals surface area contributed by atoms with Crippen LogP contribution in [0.5, 0.6) is 0 Å². The highest BCUT2D eigenvalue weighted by atomic mass is 16.5. The second-order valence-corrected chi connectivity index (χ2v) is 6.87. The summed E-state index contributed by atoms with van der Waals surface area (Å²) in [6.45, 7) is 6.98. The van der Waals surface area contributed by atoms with Crippen LogP contribution in [-0.2, 0) is 5.41 Å². The Bertz CT molecular complexity index is 764. The highest BCUT2D eigenvalue weighted by molar-refractivity contribution is 5.93. The number of rotatable bonds is 2. The number of likely N-dealkylation sites (tertiary alicyclic amines) is 1. The topological polar surface area (TPSA) is 87.9 Å². The molecule has 7 nitrogen and oxygen atoms in total. The zero-order valence-electron chi connectivity index (χ0n) is 13.7. The molecule has 2 aromatic rings. The van der Waals surface area contributed by atoms with Crippen molar-refractivity contribution in [3.05, 3.63) is 28.9 Å². The van der Waals surface area contributed by atoms with E-state index in [0.29, 0.717) is 29.9 Å². The van der Waals surface area contributed by atoms with E-state index in [4.69, 9.17) is 4.52 Å². The van der Waals surface area contributed by atoms with Gasteiger partial charge in [-0.1, -0.05) is 11.6 Å². The summed E-state index contributed by atoms with van der Waals surface area (Å²) in [6.07, 6.45) is 3.25. The van der Waals surface area contributed by atoms with Gasteiger partial charge in [0.2, 0.25) is 5.89 Å². The van der Waals surface area contributed by atoms with Crippen LogP contribution in [0, 0.1) is 26.7 Å². The van der Waals surface area contributed by atoms with E-state index in [-0.39, 0.29) is 11.3 Å². The number of fused-ring (bicyclic) bond motifs is 1. The predicted octanol–water partition coefficient (Wildman–Crippen LogP) is 1.91. The molecule has 2 aliphatic rings. The van der Waals surface area contributed by atoms with Crippen LogP contribution in [0.15, 0.2) is 4.52 Å². The van der Waals surface area contributed by atoms with Crippen molar-refractivity contribution in [3.63, 3.8) is 0 Å². The van der Waals surface area contributed by atoms with Gasteiger partial charge in [-0.05, 0) is 39.5 Å². The van der Waals surface area contributed by atoms with Gasteiger partial charge in [0.05, 0.1) is 5.41 Å². The number of carbonyl (C=O) groups excluding carboxylic acids is 1. The number of hydrogen-bond donors (Lipinski definition) is 1. The fourth-order valence-corrected chi connectivity index (χ4v) is 4.26. The molecule has 0 bridgehead atoms. The number of H-pyrrole nitrogens is 1. The Labute approximate surface area is 134 Å². The van der Waals surface area contributed by atoms with Crippen LogP contribution in [0.4, 0.5) is 0 Å². The maximum absolute atomic E-state index is 12.9. The summed E-state index contributed by atoms with van der Waals surface area (Å²) in [5.41, 5.74) is 1.18. The molecule has 2 aromatic heterocycles. The molecule has 2 atom stereocenters. The van der Waals surface area contributed by atoms with Crippen LogP contribution in [0.2, 0.25) is 0 Å². The van der Waals surface area contributed by atoms with Gasteiger partial charge in [-0.2, -0.15) is 4.98 Å². The average Bonchev–Trinajstić information content (AvgIpc) is 3.20. The number of aromatic amines is 1. The largest absolute Gasteiger partial charge is 0.346 e. The number of nitrogens with one attached hydrogen (secondary N) is 1. The Kier molecular flexibility index (Phi) is 3.08. The van der Waals surface area contributed by atoms with Crippen molar-refractivity contribution in [1.29, 1.82) is 0 Å². The number of aromatic nitrogens is 4. The van der Waals surface area contributed by atoms with Crippen molar-refractivity contribution >= 4 is 5.91 Å². The fraction of sp³-hybridized carbons (Fsp3) is 0.625. The van der Waals surface area contributed by atoms with Gasteiger partial charge in [-0.25, -0.2) is 4.98 Å². The molecule has 1 saturated heterocycles. The molecule has 7 heteroatoms. The molecule has 0 unspecified atom stereocenters.